The Bertz CT molecular complexity index is 893. The van der Waals surface area contributed by atoms with Gasteiger partial charge >= 0.3 is 0 Å². The summed E-state index contributed by atoms with van der Waals surface area (Å²) in [7, 11) is 1.73. The molecule has 3 aromatic rings. The van der Waals surface area contributed by atoms with Crippen LogP contribution in [0.1, 0.15) is 21.6 Å². The van der Waals surface area contributed by atoms with Gasteiger partial charge in [-0.3, -0.25) is 4.79 Å². The maximum atomic E-state index is 12.7. The summed E-state index contributed by atoms with van der Waals surface area (Å²) in [5.41, 5.74) is 4.43. The normalized spacial score (nSPS) is 10.4. The van der Waals surface area contributed by atoms with Crippen molar-refractivity contribution < 1.29 is 4.79 Å². The predicted molar refractivity (Wildman–Crippen MR) is 100 cm³/mol. The largest absolute Gasteiger partial charge is 0.340 e. The Morgan fingerprint density at radius 1 is 1.00 bits per heavy atom. The molecule has 3 rings (SSSR count). The van der Waals surface area contributed by atoms with E-state index in [0.717, 1.165) is 16.9 Å². The van der Waals surface area contributed by atoms with Crippen LogP contribution in [0.3, 0.4) is 0 Å². The van der Waals surface area contributed by atoms with Crippen LogP contribution in [-0.2, 0) is 0 Å². The number of rotatable bonds is 4. The first kappa shape index (κ1) is 16.6. The van der Waals surface area contributed by atoms with E-state index in [0.29, 0.717) is 11.5 Å². The van der Waals surface area contributed by atoms with Crippen LogP contribution in [0.2, 0.25) is 0 Å². The summed E-state index contributed by atoms with van der Waals surface area (Å²) in [5, 5.41) is 3.25. The van der Waals surface area contributed by atoms with Crippen LogP contribution in [0, 0.1) is 13.8 Å². The van der Waals surface area contributed by atoms with Crippen LogP contribution in [0.15, 0.2) is 60.9 Å². The van der Waals surface area contributed by atoms with Gasteiger partial charge < -0.3 is 10.2 Å². The number of amides is 1. The number of aromatic nitrogens is 2. The topological polar surface area (TPSA) is 58.1 Å². The first-order chi connectivity index (χ1) is 12.0. The van der Waals surface area contributed by atoms with Crippen molar-refractivity contribution in [1.82, 2.24) is 9.97 Å². The van der Waals surface area contributed by atoms with Crippen LogP contribution in [-0.4, -0.2) is 22.9 Å². The number of hydrogen-bond donors (Lipinski definition) is 1. The Morgan fingerprint density at radius 3 is 2.48 bits per heavy atom. The van der Waals surface area contributed by atoms with E-state index in [1.807, 2.05) is 49.4 Å². The highest BCUT2D eigenvalue weighted by molar-refractivity contribution is 6.04. The van der Waals surface area contributed by atoms with Crippen molar-refractivity contribution >= 4 is 23.1 Å². The summed E-state index contributed by atoms with van der Waals surface area (Å²) in [4.78, 5) is 22.6. The fraction of sp³-hybridized carbons (Fsp3) is 0.150. The summed E-state index contributed by atoms with van der Waals surface area (Å²) in [6, 6.07) is 17.3. The van der Waals surface area contributed by atoms with Crippen molar-refractivity contribution in [3.63, 3.8) is 0 Å². The molecule has 0 aliphatic rings. The van der Waals surface area contributed by atoms with Gasteiger partial charge in [-0.25, -0.2) is 9.97 Å². The lowest BCUT2D eigenvalue weighted by Crippen LogP contribution is -2.27. The maximum Gasteiger partial charge on any atom is 0.276 e. The third-order valence-electron chi connectivity index (χ3n) is 3.98. The number of carbonyl (C=O) groups is 1. The molecular formula is C20H20N4O. The molecule has 0 aliphatic carbocycles. The summed E-state index contributed by atoms with van der Waals surface area (Å²) in [6.45, 7) is 4.09. The Balaban J connectivity index is 1.82. The molecule has 0 spiro atoms. The third-order valence-corrected chi connectivity index (χ3v) is 3.98. The van der Waals surface area contributed by atoms with Crippen molar-refractivity contribution in [1.29, 1.82) is 0 Å². The highest BCUT2D eigenvalue weighted by Crippen LogP contribution is 2.21. The minimum atomic E-state index is -0.183. The average Bonchev–Trinajstić information content (AvgIpc) is 2.64. The van der Waals surface area contributed by atoms with Crippen LogP contribution in [0.25, 0.3) is 0 Å². The molecule has 5 nitrogen and oxygen atoms in total. The quantitative estimate of drug-likeness (QED) is 0.781. The number of aryl methyl sites for hydroxylation is 2. The minimum Gasteiger partial charge on any atom is -0.340 e. The molecule has 0 aliphatic heterocycles. The van der Waals surface area contributed by atoms with Crippen molar-refractivity contribution in [2.24, 2.45) is 0 Å². The molecule has 126 valence electrons. The van der Waals surface area contributed by atoms with Crippen molar-refractivity contribution in [3.8, 4) is 0 Å². The van der Waals surface area contributed by atoms with Gasteiger partial charge in [-0.05, 0) is 37.6 Å². The molecule has 1 N–H and O–H groups in total. The average molecular weight is 332 g/mol. The lowest BCUT2D eigenvalue weighted by atomic mass is 10.1. The van der Waals surface area contributed by atoms with Gasteiger partial charge in [0.05, 0.1) is 0 Å². The fourth-order valence-electron chi connectivity index (χ4n) is 2.58. The van der Waals surface area contributed by atoms with Gasteiger partial charge in [0.2, 0.25) is 0 Å². The molecular weight excluding hydrogens is 312 g/mol. The number of carbonyl (C=O) groups excluding carboxylic acids is 1. The number of nitrogens with zero attached hydrogens (tertiary/aromatic N) is 3. The first-order valence-corrected chi connectivity index (χ1v) is 8.04. The summed E-state index contributed by atoms with van der Waals surface area (Å²) >= 11 is 0. The van der Waals surface area contributed by atoms with Crippen LogP contribution in [0.4, 0.5) is 17.2 Å². The molecule has 1 aromatic heterocycles. The van der Waals surface area contributed by atoms with Crippen molar-refractivity contribution in [2.45, 2.75) is 13.8 Å². The Hall–Kier alpha value is -3.21. The van der Waals surface area contributed by atoms with E-state index in [1.54, 1.807) is 18.0 Å². The smallest absolute Gasteiger partial charge is 0.276 e. The molecule has 0 atom stereocenters. The van der Waals surface area contributed by atoms with Gasteiger partial charge in [0.1, 0.15) is 17.8 Å². The van der Waals surface area contributed by atoms with Crippen LogP contribution < -0.4 is 10.2 Å². The highest BCUT2D eigenvalue weighted by Gasteiger charge is 2.15. The van der Waals surface area contributed by atoms with Gasteiger partial charge in [-0.15, -0.1) is 0 Å². The Labute approximate surface area is 147 Å². The second-order valence-corrected chi connectivity index (χ2v) is 5.93. The van der Waals surface area contributed by atoms with Gasteiger partial charge in [-0.2, -0.15) is 0 Å². The molecule has 0 saturated heterocycles. The number of benzene rings is 2. The molecule has 2 aromatic carbocycles. The lowest BCUT2D eigenvalue weighted by molar-refractivity contribution is 0.0988. The molecule has 1 amide bonds. The van der Waals surface area contributed by atoms with E-state index in [4.69, 9.17) is 0 Å². The van der Waals surface area contributed by atoms with E-state index < -0.39 is 0 Å². The summed E-state index contributed by atoms with van der Waals surface area (Å²) in [5.74, 6) is 0.407. The van der Waals surface area contributed by atoms with E-state index >= 15 is 0 Å². The monoisotopic (exact) mass is 332 g/mol. The van der Waals surface area contributed by atoms with E-state index in [2.05, 4.69) is 28.3 Å². The van der Waals surface area contributed by atoms with Crippen LogP contribution >= 0.6 is 0 Å². The Kier molecular flexibility index (Phi) is 4.75. The molecule has 0 bridgehead atoms. The number of hydrogen-bond acceptors (Lipinski definition) is 4. The van der Waals surface area contributed by atoms with Gasteiger partial charge in [0.15, 0.2) is 0 Å². The van der Waals surface area contributed by atoms with E-state index in [9.17, 15) is 4.79 Å². The number of para-hydroxylation sites is 1. The molecule has 0 fully saturated rings. The van der Waals surface area contributed by atoms with Gasteiger partial charge in [-0.1, -0.05) is 35.9 Å². The fourth-order valence-corrected chi connectivity index (χ4v) is 2.58. The maximum absolute atomic E-state index is 12.7. The van der Waals surface area contributed by atoms with Crippen LogP contribution in [0.5, 0.6) is 0 Å². The number of nitrogens with one attached hydrogen (secondary N) is 1. The second kappa shape index (κ2) is 7.13. The summed E-state index contributed by atoms with van der Waals surface area (Å²) in [6.07, 6.45) is 1.40. The summed E-state index contributed by atoms with van der Waals surface area (Å²) < 4.78 is 0. The zero-order valence-electron chi connectivity index (χ0n) is 14.5. The number of anilines is 3. The zero-order valence-corrected chi connectivity index (χ0v) is 14.5. The van der Waals surface area contributed by atoms with E-state index in [1.165, 1.54) is 11.9 Å². The van der Waals surface area contributed by atoms with Gasteiger partial charge in [0, 0.05) is 24.5 Å². The molecule has 0 unspecified atom stereocenters. The van der Waals surface area contributed by atoms with E-state index in [-0.39, 0.29) is 5.91 Å². The highest BCUT2D eigenvalue weighted by atomic mass is 16.2. The molecule has 1 heterocycles. The molecule has 25 heavy (non-hydrogen) atoms. The van der Waals surface area contributed by atoms with Gasteiger partial charge in [0.25, 0.3) is 5.91 Å². The first-order valence-electron chi connectivity index (χ1n) is 8.04. The van der Waals surface area contributed by atoms with Crippen molar-refractivity contribution in [3.05, 3.63) is 77.7 Å². The zero-order chi connectivity index (χ0) is 17.8. The molecule has 5 heteroatoms. The SMILES string of the molecule is Cc1ccc(Nc2cc(C(=O)N(C)c3ccccc3)ncn2)c(C)c1. The Morgan fingerprint density at radius 2 is 1.76 bits per heavy atom. The van der Waals surface area contributed by atoms with Crippen molar-refractivity contribution in [2.75, 3.05) is 17.3 Å². The third kappa shape index (κ3) is 3.83. The predicted octanol–water partition coefficient (Wildman–Crippen LogP) is 4.11. The molecule has 0 radical (unpaired) electrons. The molecule has 0 saturated carbocycles. The lowest BCUT2D eigenvalue weighted by Gasteiger charge is -2.17. The minimum absolute atomic E-state index is 0.183. The standard InChI is InChI=1S/C20H20N4O/c1-14-9-10-17(15(2)11-14)23-19-12-18(21-13-22-19)20(25)24(3)16-7-5-4-6-8-16/h4-13H,1-3H3,(H,21,22,23). The second-order valence-electron chi connectivity index (χ2n) is 5.93.